The third-order valence-electron chi connectivity index (χ3n) is 6.74. The highest BCUT2D eigenvalue weighted by molar-refractivity contribution is 5.84. The van der Waals surface area contributed by atoms with Crippen LogP contribution in [0.15, 0.2) is 42.5 Å². The van der Waals surface area contributed by atoms with E-state index in [4.69, 9.17) is 4.74 Å². The molecule has 1 heterocycles. The molecule has 2 N–H and O–H groups in total. The van der Waals surface area contributed by atoms with Crippen LogP contribution < -0.4 is 10.1 Å². The van der Waals surface area contributed by atoms with E-state index in [9.17, 15) is 14.3 Å². The van der Waals surface area contributed by atoms with Crippen molar-refractivity contribution < 1.29 is 27.8 Å². The highest BCUT2D eigenvalue weighted by Gasteiger charge is 2.50. The molecule has 1 saturated heterocycles. The lowest BCUT2D eigenvalue weighted by molar-refractivity contribution is -0.155. The lowest BCUT2D eigenvalue weighted by atomic mass is 9.95. The number of aliphatic hydroxyl groups is 1. The maximum atomic E-state index is 15.2. The number of ether oxygens (including phenoxy) is 1. The van der Waals surface area contributed by atoms with E-state index in [1.54, 1.807) is 24.3 Å². The van der Waals surface area contributed by atoms with E-state index in [2.05, 4.69) is 5.32 Å². The predicted molar refractivity (Wildman–Crippen MR) is 118 cm³/mol. The Morgan fingerprint density at radius 3 is 2.42 bits per heavy atom. The van der Waals surface area contributed by atoms with Crippen molar-refractivity contribution >= 4 is 5.91 Å². The number of carbonyl (C=O) groups is 1. The first-order valence-electron chi connectivity index (χ1n) is 11.3. The smallest absolute Gasteiger partial charge is 0.327 e. The first-order valence-corrected chi connectivity index (χ1v) is 11.3. The van der Waals surface area contributed by atoms with Crippen LogP contribution in [0, 0.1) is 11.7 Å². The fraction of sp³-hybridized carbons (Fsp3) is 0.480. The second-order valence-electron chi connectivity index (χ2n) is 8.92. The summed E-state index contributed by atoms with van der Waals surface area (Å²) in [7, 11) is 1.41. The Kier molecular flexibility index (Phi) is 6.95. The minimum absolute atomic E-state index is 0.101. The molecule has 1 aliphatic carbocycles. The van der Waals surface area contributed by atoms with Crippen molar-refractivity contribution in [3.8, 4) is 5.75 Å². The lowest BCUT2D eigenvalue weighted by Gasteiger charge is -2.31. The van der Waals surface area contributed by atoms with Crippen molar-refractivity contribution in [2.45, 2.75) is 43.8 Å². The van der Waals surface area contributed by atoms with Gasteiger partial charge in [0.15, 0.2) is 0 Å². The molecule has 1 aliphatic heterocycles. The van der Waals surface area contributed by atoms with E-state index in [-0.39, 0.29) is 24.9 Å². The van der Waals surface area contributed by atoms with Gasteiger partial charge in [-0.05, 0) is 68.1 Å². The third kappa shape index (κ3) is 5.01. The molecule has 33 heavy (non-hydrogen) atoms. The number of methoxy groups -OCH3 is 1. The lowest BCUT2D eigenvalue weighted by Crippen LogP contribution is -2.54. The molecule has 0 saturated carbocycles. The van der Waals surface area contributed by atoms with Crippen LogP contribution in [0.2, 0.25) is 0 Å². The van der Waals surface area contributed by atoms with E-state index in [1.807, 2.05) is 4.90 Å². The van der Waals surface area contributed by atoms with Crippen LogP contribution in [0.1, 0.15) is 35.6 Å². The Balaban J connectivity index is 1.54. The Morgan fingerprint density at radius 2 is 1.82 bits per heavy atom. The molecule has 0 spiro atoms. The Morgan fingerprint density at radius 1 is 1.18 bits per heavy atom. The summed E-state index contributed by atoms with van der Waals surface area (Å²) in [6.07, 6.45) is 0.601. The zero-order chi connectivity index (χ0) is 23.6. The number of alkyl halides is 2. The maximum absolute atomic E-state index is 15.2. The van der Waals surface area contributed by atoms with E-state index in [0.29, 0.717) is 5.75 Å². The van der Waals surface area contributed by atoms with Gasteiger partial charge in [0.05, 0.1) is 13.2 Å². The van der Waals surface area contributed by atoms with Crippen molar-refractivity contribution in [3.63, 3.8) is 0 Å². The number of fused-ring (bicyclic) bond motifs is 1. The summed E-state index contributed by atoms with van der Waals surface area (Å²) in [5, 5.41) is 13.3. The number of carbonyl (C=O) groups excluding carboxylic acids is 1. The second kappa shape index (κ2) is 9.73. The minimum Gasteiger partial charge on any atom is -0.497 e. The van der Waals surface area contributed by atoms with Crippen LogP contribution >= 0.6 is 0 Å². The summed E-state index contributed by atoms with van der Waals surface area (Å²) >= 11 is 0. The number of rotatable bonds is 8. The van der Waals surface area contributed by atoms with Gasteiger partial charge in [-0.2, -0.15) is 8.78 Å². The molecule has 8 heteroatoms. The molecule has 0 bridgehead atoms. The largest absolute Gasteiger partial charge is 0.497 e. The number of likely N-dealkylation sites (tertiary alicyclic amines) is 1. The predicted octanol–water partition coefficient (Wildman–Crippen LogP) is 3.50. The molecule has 178 valence electrons. The average Bonchev–Trinajstić information content (AvgIpc) is 3.48. The summed E-state index contributed by atoms with van der Waals surface area (Å²) < 4.78 is 50.1. The maximum Gasteiger partial charge on any atom is 0.327 e. The molecule has 0 aromatic heterocycles. The highest BCUT2D eigenvalue weighted by Crippen LogP contribution is 2.38. The number of hydrogen-bond donors (Lipinski definition) is 2. The van der Waals surface area contributed by atoms with Crippen LogP contribution in [0.4, 0.5) is 13.2 Å². The molecule has 4 rings (SSSR count). The van der Waals surface area contributed by atoms with Gasteiger partial charge in [-0.25, -0.2) is 4.39 Å². The van der Waals surface area contributed by atoms with Gasteiger partial charge < -0.3 is 20.1 Å². The molecule has 2 aromatic rings. The molecule has 5 nitrogen and oxygen atoms in total. The topological polar surface area (TPSA) is 61.8 Å². The fourth-order valence-electron chi connectivity index (χ4n) is 4.83. The molecular formula is C25H29F3N2O3. The highest BCUT2D eigenvalue weighted by atomic mass is 19.3. The molecule has 2 aromatic carbocycles. The van der Waals surface area contributed by atoms with Gasteiger partial charge in [-0.1, -0.05) is 24.3 Å². The number of amides is 1. The van der Waals surface area contributed by atoms with Gasteiger partial charge >= 0.3 is 5.92 Å². The van der Waals surface area contributed by atoms with E-state index >= 15 is 8.78 Å². The third-order valence-corrected chi connectivity index (χ3v) is 6.74. The van der Waals surface area contributed by atoms with Gasteiger partial charge in [0.1, 0.15) is 17.7 Å². The monoisotopic (exact) mass is 462 g/mol. The van der Waals surface area contributed by atoms with E-state index < -0.39 is 35.7 Å². The molecule has 0 radical (unpaired) electrons. The summed E-state index contributed by atoms with van der Waals surface area (Å²) in [5.41, 5.74) is 1.54. The van der Waals surface area contributed by atoms with Crippen LogP contribution in [-0.2, 0) is 17.6 Å². The number of nitrogens with one attached hydrogen (secondary N) is 1. The summed E-state index contributed by atoms with van der Waals surface area (Å²) in [6, 6.07) is 9.97. The van der Waals surface area contributed by atoms with Crippen LogP contribution in [-0.4, -0.2) is 54.6 Å². The second-order valence-corrected chi connectivity index (χ2v) is 8.92. The SMILES string of the molecule is COc1ccc(F)c(C(O)C(CN2CCCC2)NC(=O)C(F)(F)C2Cc3ccccc3C2)c1. The van der Waals surface area contributed by atoms with Crippen LogP contribution in [0.25, 0.3) is 0 Å². The number of aliphatic hydroxyl groups excluding tert-OH is 1. The van der Waals surface area contributed by atoms with Crippen molar-refractivity contribution in [2.75, 3.05) is 26.7 Å². The zero-order valence-corrected chi connectivity index (χ0v) is 18.6. The molecule has 1 amide bonds. The Bertz CT molecular complexity index is 970. The standard InChI is InChI=1S/C25H29F3N2O3/c1-33-19-8-9-21(26)20(14-19)23(31)22(15-30-10-4-5-11-30)29-24(32)25(27,28)18-12-16-6-2-3-7-17(16)13-18/h2-3,6-9,14,18,22-23,31H,4-5,10-13,15H2,1H3,(H,29,32). The van der Waals surface area contributed by atoms with Gasteiger partial charge in [0.25, 0.3) is 5.91 Å². The Hall–Kier alpha value is -2.58. The first kappa shape index (κ1) is 23.6. The van der Waals surface area contributed by atoms with E-state index in [1.165, 1.54) is 19.2 Å². The minimum atomic E-state index is -3.63. The first-order chi connectivity index (χ1) is 15.8. The number of nitrogens with zero attached hydrogens (tertiary/aromatic N) is 1. The summed E-state index contributed by atoms with van der Waals surface area (Å²) in [6.45, 7) is 1.60. The molecule has 2 aliphatic rings. The number of halogens is 3. The van der Waals surface area contributed by atoms with Gasteiger partial charge in [-0.3, -0.25) is 4.79 Å². The molecule has 2 unspecified atom stereocenters. The fourth-order valence-corrected chi connectivity index (χ4v) is 4.83. The molecular weight excluding hydrogens is 433 g/mol. The van der Waals surface area contributed by atoms with Crippen molar-refractivity contribution in [1.82, 2.24) is 10.2 Å². The van der Waals surface area contributed by atoms with Gasteiger partial charge in [0, 0.05) is 18.0 Å². The van der Waals surface area contributed by atoms with Gasteiger partial charge in [-0.15, -0.1) is 0 Å². The van der Waals surface area contributed by atoms with Crippen molar-refractivity contribution in [2.24, 2.45) is 5.92 Å². The van der Waals surface area contributed by atoms with Gasteiger partial charge in [0.2, 0.25) is 0 Å². The summed E-state index contributed by atoms with van der Waals surface area (Å²) in [4.78, 5) is 14.8. The van der Waals surface area contributed by atoms with Crippen LogP contribution in [0.5, 0.6) is 5.75 Å². The van der Waals surface area contributed by atoms with Crippen LogP contribution in [0.3, 0.4) is 0 Å². The number of benzene rings is 2. The normalized spacial score (nSPS) is 18.7. The zero-order valence-electron chi connectivity index (χ0n) is 18.6. The molecule has 1 fully saturated rings. The van der Waals surface area contributed by atoms with Crippen molar-refractivity contribution in [1.29, 1.82) is 0 Å². The Labute approximate surface area is 191 Å². The van der Waals surface area contributed by atoms with E-state index in [0.717, 1.165) is 43.1 Å². The quantitative estimate of drug-likeness (QED) is 0.631. The number of hydrogen-bond acceptors (Lipinski definition) is 4. The summed E-state index contributed by atoms with van der Waals surface area (Å²) in [5.74, 6) is -6.60. The molecule has 2 atom stereocenters. The average molecular weight is 463 g/mol. The van der Waals surface area contributed by atoms with Crippen molar-refractivity contribution in [3.05, 3.63) is 65.0 Å².